The summed E-state index contributed by atoms with van der Waals surface area (Å²) in [5.41, 5.74) is 0. The zero-order chi connectivity index (χ0) is 11.0. The number of carboxylic acid groups (broad SMARTS) is 1. The van der Waals surface area contributed by atoms with Crippen LogP contribution in [-0.2, 0) is 9.59 Å². The summed E-state index contributed by atoms with van der Waals surface area (Å²) >= 11 is 0. The van der Waals surface area contributed by atoms with Gasteiger partial charge in [0, 0.05) is 19.4 Å². The van der Waals surface area contributed by atoms with Crippen molar-refractivity contribution in [3.63, 3.8) is 0 Å². The number of hydrogen-bond donors (Lipinski definition) is 4. The van der Waals surface area contributed by atoms with Gasteiger partial charge in [0.05, 0.1) is 12.7 Å². The monoisotopic (exact) mass is 363 g/mol. The van der Waals surface area contributed by atoms with E-state index < -0.39 is 18.7 Å². The van der Waals surface area contributed by atoms with Crippen LogP contribution in [-0.4, -0.2) is 46.5 Å². The van der Waals surface area contributed by atoms with Crippen LogP contribution in [0.15, 0.2) is 0 Å². The predicted octanol–water partition coefficient (Wildman–Crippen LogP) is -1.29. The van der Waals surface area contributed by atoms with E-state index in [9.17, 15) is 9.59 Å². The van der Waals surface area contributed by atoms with Crippen LogP contribution in [0.1, 0.15) is 19.3 Å². The van der Waals surface area contributed by atoms with Gasteiger partial charge in [-0.2, -0.15) is 0 Å². The largest absolute Gasteiger partial charge is 3.00 e. The molecular weight excluding hydrogens is 347 g/mol. The van der Waals surface area contributed by atoms with E-state index in [-0.39, 0.29) is 71.7 Å². The van der Waals surface area contributed by atoms with E-state index in [1.807, 2.05) is 0 Å². The minimum Gasteiger partial charge on any atom is -0.481 e. The number of hydrogen-bond acceptors (Lipinski definition) is 4. The van der Waals surface area contributed by atoms with Gasteiger partial charge in [0.2, 0.25) is 5.91 Å². The fourth-order valence-corrected chi connectivity index (χ4v) is 0.785. The third-order valence-corrected chi connectivity index (χ3v) is 1.54. The van der Waals surface area contributed by atoms with Crippen molar-refractivity contribution in [3.8, 4) is 0 Å². The van der Waals surface area contributed by atoms with Gasteiger partial charge in [-0.3, -0.25) is 9.59 Å². The molecule has 0 aromatic rings. The molecule has 0 bridgehead atoms. The van der Waals surface area contributed by atoms with E-state index in [1.165, 1.54) is 0 Å². The number of carboxylic acids is 1. The SMILES string of the molecule is O=C(O)CCCC(=O)NCC(O)CO.[Gd+3]. The second-order valence-electron chi connectivity index (χ2n) is 2.89. The Kier molecular flexibility index (Phi) is 12.5. The quantitative estimate of drug-likeness (QED) is 0.451. The molecule has 1 unspecified atom stereocenters. The van der Waals surface area contributed by atoms with Crippen LogP contribution >= 0.6 is 0 Å². The number of amides is 1. The topological polar surface area (TPSA) is 107 Å². The molecule has 1 radical (unpaired) electrons. The Bertz CT molecular complexity index is 199. The molecule has 0 saturated heterocycles. The molecule has 7 heteroatoms. The van der Waals surface area contributed by atoms with Crippen LogP contribution in [0.5, 0.6) is 0 Å². The van der Waals surface area contributed by atoms with Crippen molar-refractivity contribution in [3.05, 3.63) is 0 Å². The van der Waals surface area contributed by atoms with Gasteiger partial charge in [-0.15, -0.1) is 0 Å². The minimum absolute atomic E-state index is 0. The molecule has 87 valence electrons. The van der Waals surface area contributed by atoms with E-state index in [0.29, 0.717) is 0 Å². The summed E-state index contributed by atoms with van der Waals surface area (Å²) in [5, 5.41) is 27.9. The molecule has 15 heavy (non-hydrogen) atoms. The molecule has 0 saturated carbocycles. The predicted molar refractivity (Wildman–Crippen MR) is 47.6 cm³/mol. The third kappa shape index (κ3) is 12.1. The summed E-state index contributed by atoms with van der Waals surface area (Å²) < 4.78 is 0. The molecule has 0 spiro atoms. The molecule has 0 aromatic carbocycles. The molecule has 0 aliphatic rings. The molecular formula is C8H15GdNO5+3. The number of nitrogens with one attached hydrogen (secondary N) is 1. The van der Waals surface area contributed by atoms with Crippen molar-refractivity contribution in [2.45, 2.75) is 25.4 Å². The summed E-state index contributed by atoms with van der Waals surface area (Å²) in [4.78, 5) is 21.0. The van der Waals surface area contributed by atoms with Crippen LogP contribution in [0.25, 0.3) is 0 Å². The Morgan fingerprint density at radius 2 is 1.87 bits per heavy atom. The molecule has 0 heterocycles. The van der Waals surface area contributed by atoms with Crippen LogP contribution < -0.4 is 5.32 Å². The van der Waals surface area contributed by atoms with E-state index in [2.05, 4.69) is 5.32 Å². The smallest absolute Gasteiger partial charge is 0.481 e. The first-order chi connectivity index (χ1) is 6.56. The van der Waals surface area contributed by atoms with Gasteiger partial charge >= 0.3 is 45.9 Å². The third-order valence-electron chi connectivity index (χ3n) is 1.54. The second kappa shape index (κ2) is 10.7. The maximum atomic E-state index is 10.9. The number of carbonyl (C=O) groups excluding carboxylic acids is 1. The van der Waals surface area contributed by atoms with Crippen LogP contribution in [0, 0.1) is 39.9 Å². The van der Waals surface area contributed by atoms with Gasteiger partial charge in [0.25, 0.3) is 0 Å². The normalized spacial score (nSPS) is 11.3. The fourth-order valence-electron chi connectivity index (χ4n) is 0.785. The molecule has 1 amide bonds. The molecule has 0 rings (SSSR count). The molecule has 0 aliphatic heterocycles. The van der Waals surface area contributed by atoms with Crippen molar-refractivity contribution < 1.29 is 64.8 Å². The van der Waals surface area contributed by atoms with Crippen molar-refractivity contribution >= 4 is 11.9 Å². The first-order valence-electron chi connectivity index (χ1n) is 4.33. The zero-order valence-corrected chi connectivity index (χ0v) is 10.4. The average molecular weight is 362 g/mol. The van der Waals surface area contributed by atoms with Gasteiger partial charge in [-0.05, 0) is 6.42 Å². The maximum absolute atomic E-state index is 10.9. The van der Waals surface area contributed by atoms with Crippen molar-refractivity contribution in [2.24, 2.45) is 0 Å². The number of aliphatic carboxylic acids is 1. The van der Waals surface area contributed by atoms with Crippen molar-refractivity contribution in [2.75, 3.05) is 13.2 Å². The Morgan fingerprint density at radius 3 is 2.33 bits per heavy atom. The van der Waals surface area contributed by atoms with Gasteiger partial charge in [0.1, 0.15) is 0 Å². The summed E-state index contributed by atoms with van der Waals surface area (Å²) in [5.74, 6) is -1.26. The van der Waals surface area contributed by atoms with Crippen LogP contribution in [0.2, 0.25) is 0 Å². The summed E-state index contributed by atoms with van der Waals surface area (Å²) in [6.45, 7) is -0.419. The molecule has 1 atom stereocenters. The Labute approximate surface area is 120 Å². The maximum Gasteiger partial charge on any atom is 3.00 e. The average Bonchev–Trinajstić information content (AvgIpc) is 2.13. The first kappa shape index (κ1) is 17.6. The van der Waals surface area contributed by atoms with Crippen LogP contribution in [0.3, 0.4) is 0 Å². The van der Waals surface area contributed by atoms with E-state index in [0.717, 1.165) is 0 Å². The van der Waals surface area contributed by atoms with Crippen molar-refractivity contribution in [1.29, 1.82) is 0 Å². The standard InChI is InChI=1S/C8H15NO5.Gd/c10-5-6(11)4-9-7(12)2-1-3-8(13)14;/h6,10-11H,1-5H2,(H,9,12)(H,13,14);/q;+3. The fraction of sp³-hybridized carbons (Fsp3) is 0.750. The molecule has 0 aliphatic carbocycles. The summed E-state index contributed by atoms with van der Waals surface area (Å²) in [7, 11) is 0. The number of aliphatic hydroxyl groups is 2. The molecule has 4 N–H and O–H groups in total. The van der Waals surface area contributed by atoms with Gasteiger partial charge in [-0.25, -0.2) is 0 Å². The van der Waals surface area contributed by atoms with Gasteiger partial charge in [-0.1, -0.05) is 0 Å². The zero-order valence-electron chi connectivity index (χ0n) is 8.12. The van der Waals surface area contributed by atoms with Gasteiger partial charge in [0.15, 0.2) is 0 Å². The Morgan fingerprint density at radius 1 is 1.27 bits per heavy atom. The van der Waals surface area contributed by atoms with Crippen LogP contribution in [0.4, 0.5) is 0 Å². The number of carbonyl (C=O) groups is 2. The van der Waals surface area contributed by atoms with E-state index >= 15 is 0 Å². The molecule has 0 aromatic heterocycles. The molecule has 0 fully saturated rings. The molecule has 6 nitrogen and oxygen atoms in total. The number of aliphatic hydroxyl groups excluding tert-OH is 2. The first-order valence-corrected chi connectivity index (χ1v) is 4.33. The van der Waals surface area contributed by atoms with Gasteiger partial charge < -0.3 is 20.6 Å². The van der Waals surface area contributed by atoms with E-state index in [4.69, 9.17) is 15.3 Å². The Hall–Kier alpha value is 0.185. The summed E-state index contributed by atoms with van der Waals surface area (Å²) in [6.07, 6.45) is -0.616. The minimum atomic E-state index is -0.960. The van der Waals surface area contributed by atoms with Crippen molar-refractivity contribution in [1.82, 2.24) is 5.32 Å². The second-order valence-corrected chi connectivity index (χ2v) is 2.89. The summed E-state index contributed by atoms with van der Waals surface area (Å²) in [6, 6.07) is 0. The van der Waals surface area contributed by atoms with E-state index in [1.54, 1.807) is 0 Å². The Balaban J connectivity index is 0. The number of rotatable bonds is 7.